The van der Waals surface area contributed by atoms with Crippen molar-refractivity contribution in [2.75, 3.05) is 24.3 Å². The molecule has 2 heterocycles. The van der Waals surface area contributed by atoms with Crippen molar-refractivity contribution in [2.24, 2.45) is 0 Å². The SMILES string of the molecule is ClCCNc1nc(Cl)c2c(n1)CCN(Cc1ccccc1)C2. The third kappa shape index (κ3) is 3.69. The number of halogens is 2. The van der Waals surface area contributed by atoms with E-state index in [1.165, 1.54) is 5.56 Å². The first-order chi connectivity index (χ1) is 10.8. The van der Waals surface area contributed by atoms with Gasteiger partial charge in [-0.2, -0.15) is 0 Å². The second kappa shape index (κ2) is 7.27. The van der Waals surface area contributed by atoms with Gasteiger partial charge < -0.3 is 5.32 Å². The summed E-state index contributed by atoms with van der Waals surface area (Å²) in [7, 11) is 0. The van der Waals surface area contributed by atoms with E-state index in [1.54, 1.807) is 0 Å². The third-order valence-electron chi connectivity index (χ3n) is 3.72. The lowest BCUT2D eigenvalue weighted by Crippen LogP contribution is -2.31. The summed E-state index contributed by atoms with van der Waals surface area (Å²) in [4.78, 5) is 11.3. The molecule has 1 aromatic carbocycles. The van der Waals surface area contributed by atoms with Gasteiger partial charge in [-0.25, -0.2) is 9.97 Å². The van der Waals surface area contributed by atoms with Gasteiger partial charge in [0.2, 0.25) is 5.95 Å². The molecule has 0 bridgehead atoms. The predicted molar refractivity (Wildman–Crippen MR) is 90.5 cm³/mol. The first kappa shape index (κ1) is 15.5. The largest absolute Gasteiger partial charge is 0.353 e. The van der Waals surface area contributed by atoms with Crippen molar-refractivity contribution in [3.63, 3.8) is 0 Å². The van der Waals surface area contributed by atoms with Gasteiger partial charge in [0.1, 0.15) is 5.15 Å². The molecule has 1 aromatic heterocycles. The number of alkyl halides is 1. The fourth-order valence-corrected chi connectivity index (χ4v) is 2.99. The van der Waals surface area contributed by atoms with Crippen LogP contribution in [0.3, 0.4) is 0 Å². The van der Waals surface area contributed by atoms with Crippen LogP contribution in [0, 0.1) is 0 Å². The van der Waals surface area contributed by atoms with Gasteiger partial charge in [0.25, 0.3) is 0 Å². The number of nitrogens with zero attached hydrogens (tertiary/aromatic N) is 3. The Hall–Kier alpha value is -1.36. The Bertz CT molecular complexity index is 634. The van der Waals surface area contributed by atoms with E-state index < -0.39 is 0 Å². The van der Waals surface area contributed by atoms with Crippen LogP contribution in [0.25, 0.3) is 0 Å². The van der Waals surface area contributed by atoms with Crippen LogP contribution >= 0.6 is 23.2 Å². The Morgan fingerprint density at radius 1 is 1.18 bits per heavy atom. The second-order valence-electron chi connectivity index (χ2n) is 5.33. The summed E-state index contributed by atoms with van der Waals surface area (Å²) in [5.74, 6) is 1.09. The van der Waals surface area contributed by atoms with Crippen LogP contribution in [0.2, 0.25) is 5.15 Å². The summed E-state index contributed by atoms with van der Waals surface area (Å²) < 4.78 is 0. The molecule has 0 amide bonds. The number of nitrogens with one attached hydrogen (secondary N) is 1. The van der Waals surface area contributed by atoms with Crippen LogP contribution in [0.4, 0.5) is 5.95 Å². The maximum absolute atomic E-state index is 6.34. The lowest BCUT2D eigenvalue weighted by molar-refractivity contribution is 0.243. The molecule has 0 saturated carbocycles. The zero-order chi connectivity index (χ0) is 15.4. The Morgan fingerprint density at radius 2 is 2.00 bits per heavy atom. The van der Waals surface area contributed by atoms with Crippen LogP contribution in [0.15, 0.2) is 30.3 Å². The number of fused-ring (bicyclic) bond motifs is 1. The minimum Gasteiger partial charge on any atom is -0.353 e. The molecule has 0 spiro atoms. The number of aromatic nitrogens is 2. The second-order valence-corrected chi connectivity index (χ2v) is 6.06. The topological polar surface area (TPSA) is 41.1 Å². The summed E-state index contributed by atoms with van der Waals surface area (Å²) in [5, 5.41) is 3.63. The monoisotopic (exact) mass is 336 g/mol. The van der Waals surface area contributed by atoms with Crippen molar-refractivity contribution in [3.8, 4) is 0 Å². The molecule has 116 valence electrons. The molecule has 3 rings (SSSR count). The van der Waals surface area contributed by atoms with Gasteiger partial charge >= 0.3 is 0 Å². The summed E-state index contributed by atoms with van der Waals surface area (Å²) in [6, 6.07) is 10.5. The molecule has 22 heavy (non-hydrogen) atoms. The molecule has 0 unspecified atom stereocenters. The highest BCUT2D eigenvalue weighted by Gasteiger charge is 2.21. The van der Waals surface area contributed by atoms with Crippen molar-refractivity contribution < 1.29 is 0 Å². The molecule has 6 heteroatoms. The highest BCUT2D eigenvalue weighted by Crippen LogP contribution is 2.25. The van der Waals surface area contributed by atoms with Gasteiger partial charge in [0.05, 0.1) is 5.69 Å². The van der Waals surface area contributed by atoms with Gasteiger partial charge in [0.15, 0.2) is 0 Å². The fourth-order valence-electron chi connectivity index (χ4n) is 2.64. The van der Waals surface area contributed by atoms with Gasteiger partial charge in [0, 0.05) is 44.0 Å². The van der Waals surface area contributed by atoms with Gasteiger partial charge in [-0.05, 0) is 5.56 Å². The Balaban J connectivity index is 1.73. The molecule has 1 N–H and O–H groups in total. The van der Waals surface area contributed by atoms with E-state index in [1.807, 2.05) is 6.07 Å². The van der Waals surface area contributed by atoms with E-state index in [0.29, 0.717) is 23.5 Å². The number of hydrogen-bond donors (Lipinski definition) is 1. The van der Waals surface area contributed by atoms with Gasteiger partial charge in [-0.3, -0.25) is 4.90 Å². The Labute approximate surface area is 140 Å². The van der Waals surface area contributed by atoms with Crippen molar-refractivity contribution in [1.29, 1.82) is 0 Å². The Kier molecular flexibility index (Phi) is 5.13. The number of anilines is 1. The summed E-state index contributed by atoms with van der Waals surface area (Å²) in [5.41, 5.74) is 3.39. The first-order valence-electron chi connectivity index (χ1n) is 7.37. The number of rotatable bonds is 5. The van der Waals surface area contributed by atoms with Crippen molar-refractivity contribution in [3.05, 3.63) is 52.3 Å². The van der Waals surface area contributed by atoms with E-state index >= 15 is 0 Å². The third-order valence-corrected chi connectivity index (χ3v) is 4.22. The maximum atomic E-state index is 6.34. The van der Waals surface area contributed by atoms with Gasteiger partial charge in [-0.1, -0.05) is 41.9 Å². The van der Waals surface area contributed by atoms with E-state index in [0.717, 1.165) is 37.3 Å². The van der Waals surface area contributed by atoms with Crippen molar-refractivity contribution in [1.82, 2.24) is 14.9 Å². The van der Waals surface area contributed by atoms with Crippen LogP contribution in [0.1, 0.15) is 16.8 Å². The lowest BCUT2D eigenvalue weighted by Gasteiger charge is -2.28. The molecule has 0 atom stereocenters. The number of benzene rings is 1. The molecule has 2 aromatic rings. The molecule has 0 fully saturated rings. The van der Waals surface area contributed by atoms with Crippen LogP contribution in [0.5, 0.6) is 0 Å². The Morgan fingerprint density at radius 3 is 2.77 bits per heavy atom. The van der Waals surface area contributed by atoms with E-state index in [-0.39, 0.29) is 0 Å². The number of hydrogen-bond acceptors (Lipinski definition) is 4. The lowest BCUT2D eigenvalue weighted by atomic mass is 10.1. The summed E-state index contributed by atoms with van der Waals surface area (Å²) >= 11 is 12.0. The predicted octanol–water partition coefficient (Wildman–Crippen LogP) is 3.34. The standard InChI is InChI=1S/C16H18Cl2N4/c17-7-8-19-16-20-14-6-9-22(11-13(14)15(18)21-16)10-12-4-2-1-3-5-12/h1-5H,6-11H2,(H,19,20,21). The summed E-state index contributed by atoms with van der Waals surface area (Å²) in [6.45, 7) is 3.32. The molecule has 0 saturated heterocycles. The molecule has 1 aliphatic heterocycles. The molecule has 1 aliphatic rings. The zero-order valence-electron chi connectivity index (χ0n) is 12.2. The van der Waals surface area contributed by atoms with E-state index in [4.69, 9.17) is 23.2 Å². The van der Waals surface area contributed by atoms with E-state index in [9.17, 15) is 0 Å². The highest BCUT2D eigenvalue weighted by atomic mass is 35.5. The quantitative estimate of drug-likeness (QED) is 0.671. The smallest absolute Gasteiger partial charge is 0.224 e. The molecule has 4 nitrogen and oxygen atoms in total. The average Bonchev–Trinajstić information content (AvgIpc) is 2.54. The zero-order valence-corrected chi connectivity index (χ0v) is 13.7. The fraction of sp³-hybridized carbons (Fsp3) is 0.375. The molecular weight excluding hydrogens is 319 g/mol. The minimum absolute atomic E-state index is 0.517. The van der Waals surface area contributed by atoms with E-state index in [2.05, 4.69) is 44.5 Å². The summed E-state index contributed by atoms with van der Waals surface area (Å²) in [6.07, 6.45) is 0.889. The molecular formula is C16H18Cl2N4. The van der Waals surface area contributed by atoms with Crippen LogP contribution in [-0.2, 0) is 19.5 Å². The van der Waals surface area contributed by atoms with Gasteiger partial charge in [-0.15, -0.1) is 11.6 Å². The average molecular weight is 337 g/mol. The normalized spacial score (nSPS) is 14.6. The van der Waals surface area contributed by atoms with Crippen LogP contribution in [-0.4, -0.2) is 33.8 Å². The first-order valence-corrected chi connectivity index (χ1v) is 8.29. The van der Waals surface area contributed by atoms with Crippen molar-refractivity contribution >= 4 is 29.2 Å². The van der Waals surface area contributed by atoms with Crippen LogP contribution < -0.4 is 5.32 Å². The maximum Gasteiger partial charge on any atom is 0.224 e. The highest BCUT2D eigenvalue weighted by molar-refractivity contribution is 6.30. The minimum atomic E-state index is 0.517. The molecule has 0 aliphatic carbocycles. The molecule has 0 radical (unpaired) electrons. The van der Waals surface area contributed by atoms with Crippen molar-refractivity contribution in [2.45, 2.75) is 19.5 Å².